The molecule has 1 fully saturated rings. The summed E-state index contributed by atoms with van der Waals surface area (Å²) in [6.07, 6.45) is 2.51. The van der Waals surface area contributed by atoms with Crippen LogP contribution in [-0.2, 0) is 13.1 Å². The highest BCUT2D eigenvalue weighted by molar-refractivity contribution is 6.31. The molecule has 0 aromatic carbocycles. The maximum absolute atomic E-state index is 12.8. The highest BCUT2D eigenvalue weighted by atomic mass is 35.5. The number of rotatable bonds is 3. The van der Waals surface area contributed by atoms with Gasteiger partial charge < -0.3 is 10.3 Å². The number of nitrogens with zero attached hydrogens (tertiary/aromatic N) is 5. The molecule has 0 spiro atoms. The fourth-order valence-corrected chi connectivity index (χ4v) is 4.79. The van der Waals surface area contributed by atoms with Crippen LogP contribution in [0, 0.1) is 12.8 Å². The van der Waals surface area contributed by atoms with E-state index in [0.717, 1.165) is 48.7 Å². The molecule has 0 unspecified atom stereocenters. The molecule has 3 aromatic heterocycles. The molecule has 29 heavy (non-hydrogen) atoms. The summed E-state index contributed by atoms with van der Waals surface area (Å²) in [4.78, 5) is 23.5. The minimum absolute atomic E-state index is 0.0174. The molecule has 2 atom stereocenters. The predicted molar refractivity (Wildman–Crippen MR) is 111 cm³/mol. The van der Waals surface area contributed by atoms with Crippen molar-refractivity contribution in [1.82, 2.24) is 29.6 Å². The number of likely N-dealkylation sites (tertiary alicyclic amines) is 1. The average Bonchev–Trinajstić information content (AvgIpc) is 3.01. The summed E-state index contributed by atoms with van der Waals surface area (Å²) < 4.78 is 1.93. The van der Waals surface area contributed by atoms with Crippen LogP contribution in [0.3, 0.4) is 0 Å². The van der Waals surface area contributed by atoms with Crippen LogP contribution >= 0.6 is 11.6 Å². The van der Waals surface area contributed by atoms with Crippen molar-refractivity contribution in [3.8, 4) is 11.3 Å². The predicted octanol–water partition coefficient (Wildman–Crippen LogP) is 2.19. The van der Waals surface area contributed by atoms with Crippen LogP contribution in [0.4, 0.5) is 5.82 Å². The molecule has 0 saturated carbocycles. The first-order valence-corrected chi connectivity index (χ1v) is 10.1. The van der Waals surface area contributed by atoms with Crippen molar-refractivity contribution in [1.29, 1.82) is 0 Å². The summed E-state index contributed by atoms with van der Waals surface area (Å²) >= 11 is 6.36. The fraction of sp³-hybridized carbons (Fsp3) is 0.400. The van der Waals surface area contributed by atoms with Gasteiger partial charge in [0.25, 0.3) is 5.56 Å². The Kier molecular flexibility index (Phi) is 4.40. The number of halogens is 1. The molecule has 3 aromatic rings. The van der Waals surface area contributed by atoms with Crippen molar-refractivity contribution in [3.05, 3.63) is 57.0 Å². The largest absolute Gasteiger partial charge is 0.384 e. The first-order chi connectivity index (χ1) is 14.0. The average molecular weight is 412 g/mol. The summed E-state index contributed by atoms with van der Waals surface area (Å²) in [6.45, 7) is 5.18. The van der Waals surface area contributed by atoms with Gasteiger partial charge in [0.2, 0.25) is 0 Å². The van der Waals surface area contributed by atoms with Gasteiger partial charge >= 0.3 is 0 Å². The number of hydrogen-bond acceptors (Lipinski definition) is 6. The molecule has 2 bridgehead atoms. The number of aryl methyl sites for hydroxylation is 1. The van der Waals surface area contributed by atoms with Crippen molar-refractivity contribution in [2.45, 2.75) is 32.4 Å². The van der Waals surface area contributed by atoms with E-state index in [1.54, 1.807) is 12.1 Å². The maximum atomic E-state index is 12.8. The Labute approximate surface area is 172 Å². The van der Waals surface area contributed by atoms with Crippen molar-refractivity contribution < 1.29 is 0 Å². The second kappa shape index (κ2) is 6.96. The van der Waals surface area contributed by atoms with Crippen LogP contribution in [-0.4, -0.2) is 42.7 Å². The number of hydrogen-bond donors (Lipinski definition) is 2. The van der Waals surface area contributed by atoms with E-state index in [4.69, 9.17) is 17.3 Å². The van der Waals surface area contributed by atoms with Gasteiger partial charge in [0.05, 0.1) is 22.1 Å². The third-order valence-corrected chi connectivity index (χ3v) is 6.43. The third-order valence-electron chi connectivity index (χ3n) is 5.93. The van der Waals surface area contributed by atoms with E-state index < -0.39 is 0 Å². The van der Waals surface area contributed by atoms with Gasteiger partial charge in [-0.1, -0.05) is 11.6 Å². The molecule has 0 amide bonds. The van der Waals surface area contributed by atoms with Crippen molar-refractivity contribution in [2.75, 3.05) is 18.8 Å². The summed E-state index contributed by atoms with van der Waals surface area (Å²) in [5.41, 5.74) is 10.1. The van der Waals surface area contributed by atoms with E-state index in [0.29, 0.717) is 29.0 Å². The number of piperidine rings is 1. The van der Waals surface area contributed by atoms with E-state index in [-0.39, 0.29) is 11.5 Å². The van der Waals surface area contributed by atoms with E-state index in [1.165, 1.54) is 6.33 Å². The molecular formula is C20H22ClN7O. The van der Waals surface area contributed by atoms with E-state index in [1.807, 2.05) is 11.5 Å². The number of aromatic amines is 1. The molecule has 8 nitrogen and oxygen atoms in total. The molecule has 5 heterocycles. The first kappa shape index (κ1) is 18.3. The summed E-state index contributed by atoms with van der Waals surface area (Å²) in [5.74, 6) is 1.12. The van der Waals surface area contributed by atoms with Crippen LogP contribution in [0.2, 0.25) is 5.02 Å². The second-order valence-electron chi connectivity index (χ2n) is 8.05. The molecule has 150 valence electrons. The highest BCUT2D eigenvalue weighted by Crippen LogP contribution is 2.37. The van der Waals surface area contributed by atoms with Gasteiger partial charge in [-0.3, -0.25) is 14.8 Å². The zero-order chi connectivity index (χ0) is 20.1. The molecule has 1 saturated heterocycles. The zero-order valence-corrected chi connectivity index (χ0v) is 16.9. The summed E-state index contributed by atoms with van der Waals surface area (Å²) in [6, 6.07) is 5.43. The molecule has 0 radical (unpaired) electrons. The number of nitrogens with two attached hydrogens (primary N) is 1. The number of nitrogens with one attached hydrogen (secondary N) is 1. The van der Waals surface area contributed by atoms with E-state index in [2.05, 4.69) is 31.1 Å². The molecule has 2 aliphatic rings. The number of nitrogen functional groups attached to an aromatic ring is 1. The molecule has 5 rings (SSSR count). The zero-order valence-electron chi connectivity index (χ0n) is 16.1. The molecular weight excluding hydrogens is 390 g/mol. The number of aromatic nitrogens is 5. The Balaban J connectivity index is 1.46. The summed E-state index contributed by atoms with van der Waals surface area (Å²) in [5, 5.41) is 8.01. The SMILES string of the molecule is Cc1[nH]nc(CN2C[C@@H]3C[C@H](C2)c2cc(-c4cc(N)ncn4)cc(=O)n2C3)c1Cl. The van der Waals surface area contributed by atoms with Crippen LogP contribution in [0.1, 0.15) is 29.4 Å². The smallest absolute Gasteiger partial charge is 0.251 e. The van der Waals surface area contributed by atoms with Gasteiger partial charge in [-0.25, -0.2) is 9.97 Å². The molecule has 9 heteroatoms. The molecule has 0 aliphatic carbocycles. The van der Waals surface area contributed by atoms with Crippen molar-refractivity contribution >= 4 is 17.4 Å². The number of anilines is 1. The lowest BCUT2D eigenvalue weighted by atomic mass is 9.82. The first-order valence-electron chi connectivity index (χ1n) is 9.72. The van der Waals surface area contributed by atoms with Crippen LogP contribution in [0.5, 0.6) is 0 Å². The Hall–Kier alpha value is -2.71. The van der Waals surface area contributed by atoms with Gasteiger partial charge in [0, 0.05) is 55.5 Å². The normalized spacial score (nSPS) is 21.2. The van der Waals surface area contributed by atoms with E-state index in [9.17, 15) is 4.79 Å². The Morgan fingerprint density at radius 2 is 2.10 bits per heavy atom. The topological polar surface area (TPSA) is 106 Å². The minimum Gasteiger partial charge on any atom is -0.384 e. The Morgan fingerprint density at radius 1 is 1.24 bits per heavy atom. The lowest BCUT2D eigenvalue weighted by molar-refractivity contribution is 0.113. The quantitative estimate of drug-likeness (QED) is 0.684. The van der Waals surface area contributed by atoms with Crippen molar-refractivity contribution in [3.63, 3.8) is 0 Å². The monoisotopic (exact) mass is 411 g/mol. The Bertz CT molecular complexity index is 1140. The van der Waals surface area contributed by atoms with Crippen LogP contribution < -0.4 is 11.3 Å². The third kappa shape index (κ3) is 3.32. The minimum atomic E-state index is 0.0174. The lowest BCUT2D eigenvalue weighted by Crippen LogP contribution is -2.46. The highest BCUT2D eigenvalue weighted by Gasteiger charge is 2.35. The van der Waals surface area contributed by atoms with Crippen LogP contribution in [0.15, 0.2) is 29.3 Å². The number of H-pyrrole nitrogens is 1. The summed E-state index contributed by atoms with van der Waals surface area (Å²) in [7, 11) is 0. The second-order valence-corrected chi connectivity index (χ2v) is 8.43. The van der Waals surface area contributed by atoms with Gasteiger partial charge in [-0.05, 0) is 25.3 Å². The van der Waals surface area contributed by atoms with E-state index >= 15 is 0 Å². The van der Waals surface area contributed by atoms with Gasteiger partial charge in [-0.2, -0.15) is 5.10 Å². The van der Waals surface area contributed by atoms with Gasteiger partial charge in [0.1, 0.15) is 12.1 Å². The fourth-order valence-electron chi connectivity index (χ4n) is 4.65. The standard InChI is InChI=1S/C20H22ClN7O/c1-11-20(21)16(26-25-11)9-27-6-12-2-14(8-27)17-3-13(4-19(29)28(17)7-12)15-5-18(22)24-10-23-15/h3-5,10,12,14H,2,6-9H2,1H3,(H,25,26)(H2,22,23,24)/t12-,14+/m0/s1. The number of fused-ring (bicyclic) bond motifs is 4. The number of pyridine rings is 1. The molecule has 2 aliphatic heterocycles. The van der Waals surface area contributed by atoms with Crippen LogP contribution in [0.25, 0.3) is 11.3 Å². The van der Waals surface area contributed by atoms with Gasteiger partial charge in [-0.15, -0.1) is 0 Å². The lowest BCUT2D eigenvalue weighted by Gasteiger charge is -2.42. The van der Waals surface area contributed by atoms with Crippen molar-refractivity contribution in [2.24, 2.45) is 5.92 Å². The maximum Gasteiger partial charge on any atom is 0.251 e. The van der Waals surface area contributed by atoms with Gasteiger partial charge in [0.15, 0.2) is 0 Å². The Morgan fingerprint density at radius 3 is 2.86 bits per heavy atom. The molecule has 3 N–H and O–H groups in total.